The molecule has 1 aromatic heterocycles. The van der Waals surface area contributed by atoms with Crippen LogP contribution in [0.15, 0.2) is 4.99 Å². The van der Waals surface area contributed by atoms with E-state index in [2.05, 4.69) is 34.0 Å². The van der Waals surface area contributed by atoms with E-state index in [9.17, 15) is 0 Å². The predicted octanol–water partition coefficient (Wildman–Crippen LogP) is 3.27. The summed E-state index contributed by atoms with van der Waals surface area (Å²) in [6.45, 7) is 6.33. The summed E-state index contributed by atoms with van der Waals surface area (Å²) in [6.07, 6.45) is 9.90. The Morgan fingerprint density at radius 2 is 2.10 bits per heavy atom. The normalized spacial score (nSPS) is 23.0. The van der Waals surface area contributed by atoms with Crippen molar-refractivity contribution < 1.29 is 4.74 Å². The summed E-state index contributed by atoms with van der Waals surface area (Å²) in [4.78, 5) is 4.84. The lowest BCUT2D eigenvalue weighted by Crippen LogP contribution is -2.65. The van der Waals surface area contributed by atoms with E-state index in [1.54, 1.807) is 0 Å². The van der Waals surface area contributed by atoms with Crippen LogP contribution in [0.25, 0.3) is 0 Å². The van der Waals surface area contributed by atoms with Gasteiger partial charge < -0.3 is 19.9 Å². The Labute approximate surface area is 196 Å². The van der Waals surface area contributed by atoms with Crippen LogP contribution >= 0.6 is 35.7 Å². The SMILES string of the molecule is CCOC1CC(NC(=NCc2nnc(C)n2C)NCCCSC)C12CCCC2.I. The summed E-state index contributed by atoms with van der Waals surface area (Å²) < 4.78 is 8.07. The second-order valence-corrected chi connectivity index (χ2v) is 8.96. The first kappa shape index (κ1) is 24.7. The Morgan fingerprint density at radius 3 is 2.72 bits per heavy atom. The fourth-order valence-corrected chi connectivity index (χ4v) is 5.00. The zero-order valence-corrected chi connectivity index (χ0v) is 21.4. The molecule has 9 heteroatoms. The average Bonchev–Trinajstić information content (AvgIpc) is 3.32. The van der Waals surface area contributed by atoms with Gasteiger partial charge in [0.2, 0.25) is 0 Å². The van der Waals surface area contributed by atoms with Gasteiger partial charge in [-0.25, -0.2) is 4.99 Å². The van der Waals surface area contributed by atoms with Gasteiger partial charge in [-0.15, -0.1) is 34.2 Å². The summed E-state index contributed by atoms with van der Waals surface area (Å²) in [5.41, 5.74) is 0.291. The van der Waals surface area contributed by atoms with Gasteiger partial charge in [-0.3, -0.25) is 0 Å². The summed E-state index contributed by atoms with van der Waals surface area (Å²) in [7, 11) is 1.99. The third kappa shape index (κ3) is 5.78. The second-order valence-electron chi connectivity index (χ2n) is 7.98. The van der Waals surface area contributed by atoms with Gasteiger partial charge in [0.05, 0.1) is 6.10 Å². The first-order chi connectivity index (χ1) is 13.6. The van der Waals surface area contributed by atoms with Crippen molar-refractivity contribution >= 4 is 41.7 Å². The van der Waals surface area contributed by atoms with Gasteiger partial charge >= 0.3 is 0 Å². The lowest BCUT2D eigenvalue weighted by Gasteiger charge is -2.54. The summed E-state index contributed by atoms with van der Waals surface area (Å²) >= 11 is 1.88. The fourth-order valence-electron chi connectivity index (χ4n) is 4.57. The number of hydrogen-bond donors (Lipinski definition) is 2. The van der Waals surface area contributed by atoms with Crippen molar-refractivity contribution in [3.63, 3.8) is 0 Å². The molecule has 7 nitrogen and oxygen atoms in total. The molecule has 166 valence electrons. The molecule has 2 aliphatic carbocycles. The third-order valence-corrected chi connectivity index (χ3v) is 7.07. The van der Waals surface area contributed by atoms with Crippen molar-refractivity contribution in [1.82, 2.24) is 25.4 Å². The second kappa shape index (κ2) is 11.7. The van der Waals surface area contributed by atoms with Crippen LogP contribution in [0, 0.1) is 12.3 Å². The lowest BCUT2D eigenvalue weighted by molar-refractivity contribution is -0.125. The molecule has 1 spiro atoms. The molecule has 0 aliphatic heterocycles. The van der Waals surface area contributed by atoms with Crippen molar-refractivity contribution in [3.8, 4) is 0 Å². The van der Waals surface area contributed by atoms with E-state index in [4.69, 9.17) is 9.73 Å². The van der Waals surface area contributed by atoms with Crippen LogP contribution in [0.2, 0.25) is 0 Å². The molecule has 2 saturated carbocycles. The van der Waals surface area contributed by atoms with Crippen LogP contribution in [-0.2, 0) is 18.3 Å². The van der Waals surface area contributed by atoms with E-state index in [-0.39, 0.29) is 24.0 Å². The molecule has 0 radical (unpaired) electrons. The van der Waals surface area contributed by atoms with Crippen LogP contribution in [0.5, 0.6) is 0 Å². The highest BCUT2D eigenvalue weighted by atomic mass is 127. The molecule has 2 unspecified atom stereocenters. The average molecular weight is 537 g/mol. The molecule has 0 amide bonds. The van der Waals surface area contributed by atoms with Crippen molar-refractivity contribution in [2.24, 2.45) is 17.5 Å². The predicted molar refractivity (Wildman–Crippen MR) is 131 cm³/mol. The van der Waals surface area contributed by atoms with Crippen molar-refractivity contribution in [2.75, 3.05) is 25.2 Å². The van der Waals surface area contributed by atoms with Crippen LogP contribution in [0.3, 0.4) is 0 Å². The first-order valence-electron chi connectivity index (χ1n) is 10.6. The van der Waals surface area contributed by atoms with E-state index < -0.39 is 0 Å². The van der Waals surface area contributed by atoms with E-state index in [0.717, 1.165) is 49.4 Å². The maximum atomic E-state index is 6.06. The molecule has 3 rings (SSSR count). The fraction of sp³-hybridized carbons (Fsp3) is 0.850. The number of thioether (sulfide) groups is 1. The van der Waals surface area contributed by atoms with Crippen LogP contribution < -0.4 is 10.6 Å². The summed E-state index contributed by atoms with van der Waals surface area (Å²) in [5.74, 6) is 3.85. The maximum Gasteiger partial charge on any atom is 0.191 e. The number of nitrogens with one attached hydrogen (secondary N) is 2. The Bertz CT molecular complexity index is 661. The number of rotatable bonds is 9. The zero-order chi connectivity index (χ0) is 20.0. The molecule has 2 atom stereocenters. The van der Waals surface area contributed by atoms with Crippen LogP contribution in [-0.4, -0.2) is 58.0 Å². The van der Waals surface area contributed by atoms with Gasteiger partial charge in [0.1, 0.15) is 12.4 Å². The Balaban J connectivity index is 0.00000300. The quantitative estimate of drug-likeness (QED) is 0.219. The molecule has 2 N–H and O–H groups in total. The minimum Gasteiger partial charge on any atom is -0.378 e. The molecule has 2 aliphatic rings. The molecular formula is C20H37IN6OS. The van der Waals surface area contributed by atoms with E-state index >= 15 is 0 Å². The maximum absolute atomic E-state index is 6.06. The number of guanidine groups is 1. The van der Waals surface area contributed by atoms with Crippen LogP contribution in [0.1, 0.15) is 57.1 Å². The molecular weight excluding hydrogens is 499 g/mol. The van der Waals surface area contributed by atoms with Gasteiger partial charge in [-0.05, 0) is 51.5 Å². The highest BCUT2D eigenvalue weighted by Gasteiger charge is 2.56. The smallest absolute Gasteiger partial charge is 0.191 e. The largest absolute Gasteiger partial charge is 0.378 e. The number of halogens is 1. The number of hydrogen-bond acceptors (Lipinski definition) is 5. The minimum atomic E-state index is 0. The Kier molecular flexibility index (Phi) is 10.0. The standard InChI is InChI=1S/C20H36N6OS.HI/c1-5-27-17-13-16(20(17)9-6-7-10-20)23-19(21-11-8-12-28-4)22-14-18-25-24-15(2)26(18)3;/h16-17H,5-14H2,1-4H3,(H2,21,22,23);1H. The topological polar surface area (TPSA) is 76.4 Å². The molecule has 0 aromatic carbocycles. The van der Waals surface area contributed by atoms with Gasteiger partial charge in [-0.1, -0.05) is 12.8 Å². The monoisotopic (exact) mass is 536 g/mol. The number of ether oxygens (including phenoxy) is 1. The molecule has 29 heavy (non-hydrogen) atoms. The van der Waals surface area contributed by atoms with Gasteiger partial charge in [0, 0.05) is 31.7 Å². The molecule has 2 fully saturated rings. The third-order valence-electron chi connectivity index (χ3n) is 6.38. The van der Waals surface area contributed by atoms with Gasteiger partial charge in [0.25, 0.3) is 0 Å². The lowest BCUT2D eigenvalue weighted by atomic mass is 9.60. The molecule has 1 heterocycles. The van der Waals surface area contributed by atoms with Crippen molar-refractivity contribution in [1.29, 1.82) is 0 Å². The van der Waals surface area contributed by atoms with Gasteiger partial charge in [-0.2, -0.15) is 11.8 Å². The van der Waals surface area contributed by atoms with E-state index in [1.807, 2.05) is 30.3 Å². The first-order valence-corrected chi connectivity index (χ1v) is 12.0. The highest BCUT2D eigenvalue weighted by Crippen LogP contribution is 2.54. The molecule has 0 saturated heterocycles. The van der Waals surface area contributed by atoms with E-state index in [0.29, 0.717) is 24.1 Å². The van der Waals surface area contributed by atoms with E-state index in [1.165, 1.54) is 25.7 Å². The van der Waals surface area contributed by atoms with Crippen molar-refractivity contribution in [2.45, 2.75) is 71.1 Å². The Morgan fingerprint density at radius 1 is 1.34 bits per heavy atom. The number of nitrogens with zero attached hydrogens (tertiary/aromatic N) is 4. The highest BCUT2D eigenvalue weighted by molar-refractivity contribution is 14.0. The minimum absolute atomic E-state index is 0. The molecule has 0 bridgehead atoms. The van der Waals surface area contributed by atoms with Crippen molar-refractivity contribution in [3.05, 3.63) is 11.6 Å². The summed E-state index contributed by atoms with van der Waals surface area (Å²) in [5, 5.41) is 15.7. The van der Waals surface area contributed by atoms with Crippen LogP contribution in [0.4, 0.5) is 0 Å². The number of aryl methyl sites for hydroxylation is 1. The summed E-state index contributed by atoms with van der Waals surface area (Å²) in [6, 6.07) is 0.444. The van der Waals surface area contributed by atoms with Gasteiger partial charge in [0.15, 0.2) is 11.8 Å². The number of aromatic nitrogens is 3. The molecule has 1 aromatic rings. The Hall–Kier alpha value is -0.550. The zero-order valence-electron chi connectivity index (χ0n) is 18.2. The number of aliphatic imine (C=N–C) groups is 1.